The first-order valence-electron chi connectivity index (χ1n) is 7.19. The van der Waals surface area contributed by atoms with Gasteiger partial charge in [-0.3, -0.25) is 0 Å². The number of nitrogens with one attached hydrogen (secondary N) is 1. The van der Waals surface area contributed by atoms with E-state index >= 15 is 0 Å². The van der Waals surface area contributed by atoms with Gasteiger partial charge in [0.15, 0.2) is 0 Å². The number of amides is 1. The molecule has 1 N–H and O–H groups in total. The Balaban J connectivity index is 1.72. The summed E-state index contributed by atoms with van der Waals surface area (Å²) in [4.78, 5) is 11.7. The van der Waals surface area contributed by atoms with E-state index in [1.165, 1.54) is 25.7 Å². The van der Waals surface area contributed by atoms with Gasteiger partial charge in [0.05, 0.1) is 0 Å². The van der Waals surface area contributed by atoms with Crippen LogP contribution in [-0.4, -0.2) is 12.6 Å². The molecular weight excluding hydrogens is 238 g/mol. The third kappa shape index (κ3) is 3.98. The second-order valence-electron chi connectivity index (χ2n) is 5.48. The molecule has 1 fully saturated rings. The van der Waals surface area contributed by atoms with Crippen LogP contribution in [-0.2, 0) is 11.3 Å². The summed E-state index contributed by atoms with van der Waals surface area (Å²) in [6.45, 7) is 3.30. The molecule has 1 amide bonds. The molecule has 0 aliphatic heterocycles. The topological polar surface area (TPSA) is 38.3 Å². The summed E-state index contributed by atoms with van der Waals surface area (Å²) in [5, 5.41) is 2.93. The molecule has 1 aromatic carbocycles. The molecule has 1 saturated carbocycles. The second-order valence-corrected chi connectivity index (χ2v) is 5.48. The lowest BCUT2D eigenvalue weighted by Crippen LogP contribution is -2.35. The van der Waals surface area contributed by atoms with E-state index < -0.39 is 0 Å². The van der Waals surface area contributed by atoms with Crippen molar-refractivity contribution in [3.05, 3.63) is 35.9 Å². The first-order valence-corrected chi connectivity index (χ1v) is 7.19. The highest BCUT2D eigenvalue weighted by atomic mass is 16.5. The Bertz CT molecular complexity index is 396. The molecule has 0 radical (unpaired) electrons. The van der Waals surface area contributed by atoms with Crippen molar-refractivity contribution in [3.8, 4) is 0 Å². The van der Waals surface area contributed by atoms with Gasteiger partial charge in [0, 0.05) is 6.54 Å². The first-order chi connectivity index (χ1) is 9.24. The number of carbonyl (C=O) groups excluding carboxylic acids is 1. The molecule has 0 heterocycles. The third-order valence-corrected chi connectivity index (χ3v) is 4.23. The molecule has 0 aromatic heterocycles. The number of hydrogen-bond donors (Lipinski definition) is 1. The summed E-state index contributed by atoms with van der Waals surface area (Å²) in [7, 11) is 0. The zero-order valence-corrected chi connectivity index (χ0v) is 11.7. The number of benzene rings is 1. The Morgan fingerprint density at radius 2 is 1.95 bits per heavy atom. The molecule has 0 bridgehead atoms. The fourth-order valence-electron chi connectivity index (χ4n) is 2.81. The Morgan fingerprint density at radius 1 is 1.26 bits per heavy atom. The quantitative estimate of drug-likeness (QED) is 0.873. The number of carbonyl (C=O) groups is 1. The first kappa shape index (κ1) is 13.9. The standard InChI is InChI=1S/C16H23NO2/c1-2-16(10-6-7-11-16)13-17-15(18)19-12-14-8-4-3-5-9-14/h3-5,8-9H,2,6-7,10-13H2,1H3,(H,17,18). The van der Waals surface area contributed by atoms with Crippen molar-refractivity contribution in [1.29, 1.82) is 0 Å². The van der Waals surface area contributed by atoms with Gasteiger partial charge in [-0.05, 0) is 30.2 Å². The van der Waals surface area contributed by atoms with Crippen LogP contribution in [0.3, 0.4) is 0 Å². The molecule has 1 aromatic rings. The van der Waals surface area contributed by atoms with Gasteiger partial charge in [-0.1, -0.05) is 50.1 Å². The Morgan fingerprint density at radius 3 is 2.58 bits per heavy atom. The fraction of sp³-hybridized carbons (Fsp3) is 0.562. The smallest absolute Gasteiger partial charge is 0.407 e. The monoisotopic (exact) mass is 261 g/mol. The van der Waals surface area contributed by atoms with Crippen LogP contribution in [0.5, 0.6) is 0 Å². The van der Waals surface area contributed by atoms with Gasteiger partial charge < -0.3 is 10.1 Å². The van der Waals surface area contributed by atoms with Gasteiger partial charge >= 0.3 is 6.09 Å². The SMILES string of the molecule is CCC1(CNC(=O)OCc2ccccc2)CCCC1. The highest BCUT2D eigenvalue weighted by molar-refractivity contribution is 5.67. The van der Waals surface area contributed by atoms with Gasteiger partial charge in [-0.2, -0.15) is 0 Å². The molecule has 0 saturated heterocycles. The molecule has 0 spiro atoms. The van der Waals surface area contributed by atoms with Crippen LogP contribution >= 0.6 is 0 Å². The normalized spacial score (nSPS) is 17.1. The molecule has 1 aliphatic carbocycles. The number of ether oxygens (including phenoxy) is 1. The van der Waals surface area contributed by atoms with Crippen molar-refractivity contribution >= 4 is 6.09 Å². The summed E-state index contributed by atoms with van der Waals surface area (Å²) in [5.41, 5.74) is 1.33. The predicted octanol–water partition coefficient (Wildman–Crippen LogP) is 3.88. The van der Waals surface area contributed by atoms with Crippen LogP contribution in [0.1, 0.15) is 44.6 Å². The van der Waals surface area contributed by atoms with Crippen LogP contribution in [0.15, 0.2) is 30.3 Å². The third-order valence-electron chi connectivity index (χ3n) is 4.23. The van der Waals surface area contributed by atoms with Gasteiger partial charge in [-0.15, -0.1) is 0 Å². The molecule has 2 rings (SSSR count). The maximum absolute atomic E-state index is 11.7. The van der Waals surface area contributed by atoms with E-state index in [9.17, 15) is 4.79 Å². The molecule has 3 nitrogen and oxygen atoms in total. The lowest BCUT2D eigenvalue weighted by Gasteiger charge is -2.27. The minimum atomic E-state index is -0.302. The van der Waals surface area contributed by atoms with Crippen molar-refractivity contribution in [2.75, 3.05) is 6.54 Å². The summed E-state index contributed by atoms with van der Waals surface area (Å²) in [6.07, 6.45) is 5.85. The second kappa shape index (κ2) is 6.60. The fourth-order valence-corrected chi connectivity index (χ4v) is 2.81. The number of alkyl carbamates (subject to hydrolysis) is 1. The number of hydrogen-bond acceptors (Lipinski definition) is 2. The van der Waals surface area contributed by atoms with Crippen LogP contribution in [0.2, 0.25) is 0 Å². The van der Waals surface area contributed by atoms with Gasteiger partial charge in [-0.25, -0.2) is 4.79 Å². The van der Waals surface area contributed by atoms with Crippen LogP contribution in [0.4, 0.5) is 4.79 Å². The highest BCUT2D eigenvalue weighted by Gasteiger charge is 2.32. The highest BCUT2D eigenvalue weighted by Crippen LogP contribution is 2.40. The van der Waals surface area contributed by atoms with E-state index in [1.54, 1.807) is 0 Å². The van der Waals surface area contributed by atoms with Gasteiger partial charge in [0.1, 0.15) is 6.61 Å². The van der Waals surface area contributed by atoms with Crippen molar-refractivity contribution < 1.29 is 9.53 Å². The molecule has 1 aliphatic rings. The zero-order chi connectivity index (χ0) is 13.6. The molecule has 104 valence electrons. The molecule has 19 heavy (non-hydrogen) atoms. The Hall–Kier alpha value is -1.51. The minimum Gasteiger partial charge on any atom is -0.445 e. The van der Waals surface area contributed by atoms with E-state index in [4.69, 9.17) is 4.74 Å². The summed E-state index contributed by atoms with van der Waals surface area (Å²) >= 11 is 0. The van der Waals surface area contributed by atoms with Crippen LogP contribution < -0.4 is 5.32 Å². The van der Waals surface area contributed by atoms with E-state index in [-0.39, 0.29) is 6.09 Å². The van der Waals surface area contributed by atoms with E-state index in [1.807, 2.05) is 30.3 Å². The lowest BCUT2D eigenvalue weighted by atomic mass is 9.83. The number of rotatable bonds is 5. The summed E-state index contributed by atoms with van der Waals surface area (Å²) in [6, 6.07) is 9.76. The van der Waals surface area contributed by atoms with Crippen LogP contribution in [0, 0.1) is 5.41 Å². The largest absolute Gasteiger partial charge is 0.445 e. The van der Waals surface area contributed by atoms with Crippen molar-refractivity contribution in [2.24, 2.45) is 5.41 Å². The average Bonchev–Trinajstić information content (AvgIpc) is 2.93. The average molecular weight is 261 g/mol. The summed E-state index contributed by atoms with van der Waals surface area (Å²) < 4.78 is 5.23. The summed E-state index contributed by atoms with van der Waals surface area (Å²) in [5.74, 6) is 0. The molecule has 0 atom stereocenters. The molecule has 0 unspecified atom stereocenters. The van der Waals surface area contributed by atoms with Crippen molar-refractivity contribution in [3.63, 3.8) is 0 Å². The zero-order valence-electron chi connectivity index (χ0n) is 11.7. The van der Waals surface area contributed by atoms with Gasteiger partial charge in [0.2, 0.25) is 0 Å². The van der Waals surface area contributed by atoms with Gasteiger partial charge in [0.25, 0.3) is 0 Å². The van der Waals surface area contributed by atoms with Crippen molar-refractivity contribution in [2.45, 2.75) is 45.6 Å². The van der Waals surface area contributed by atoms with E-state index in [0.717, 1.165) is 18.5 Å². The Labute approximate surface area is 115 Å². The Kier molecular flexibility index (Phi) is 4.83. The van der Waals surface area contributed by atoms with E-state index in [0.29, 0.717) is 12.0 Å². The van der Waals surface area contributed by atoms with E-state index in [2.05, 4.69) is 12.2 Å². The molecule has 3 heteroatoms. The van der Waals surface area contributed by atoms with Crippen LogP contribution in [0.25, 0.3) is 0 Å². The van der Waals surface area contributed by atoms with Crippen molar-refractivity contribution in [1.82, 2.24) is 5.32 Å². The predicted molar refractivity (Wildman–Crippen MR) is 75.8 cm³/mol. The molecular formula is C16H23NO2. The maximum Gasteiger partial charge on any atom is 0.407 e. The maximum atomic E-state index is 11.7. The lowest BCUT2D eigenvalue weighted by molar-refractivity contribution is 0.132. The minimum absolute atomic E-state index is 0.302.